The number of pyridine rings is 2. The number of hydrogen-bond donors (Lipinski definition) is 3. The molecule has 1 saturated carbocycles. The van der Waals surface area contributed by atoms with Crippen LogP contribution in [-0.2, 0) is 0 Å². The maximum atomic E-state index is 5.80. The summed E-state index contributed by atoms with van der Waals surface area (Å²) in [6.07, 6.45) is 9.27. The first-order valence-electron chi connectivity index (χ1n) is 10.8. The molecule has 4 N–H and O–H groups in total. The zero-order valence-corrected chi connectivity index (χ0v) is 17.1. The van der Waals surface area contributed by atoms with Gasteiger partial charge in [-0.25, -0.2) is 15.0 Å². The van der Waals surface area contributed by atoms with E-state index < -0.39 is 0 Å². The molecule has 0 atom stereocenters. The van der Waals surface area contributed by atoms with Crippen LogP contribution < -0.4 is 11.1 Å². The van der Waals surface area contributed by atoms with E-state index in [4.69, 9.17) is 15.7 Å². The minimum Gasteiger partial charge on any atom is -0.368 e. The van der Waals surface area contributed by atoms with Crippen molar-refractivity contribution in [3.63, 3.8) is 0 Å². The number of H-pyrrole nitrogens is 1. The molecule has 0 radical (unpaired) electrons. The van der Waals surface area contributed by atoms with Gasteiger partial charge in [-0.1, -0.05) is 24.6 Å². The summed E-state index contributed by atoms with van der Waals surface area (Å²) in [6.45, 7) is 1.18. The number of hydrogen-bond acceptors (Lipinski definition) is 6. The Morgan fingerprint density at radius 1 is 1.06 bits per heavy atom. The Morgan fingerprint density at radius 2 is 1.97 bits per heavy atom. The SMILES string of the molecule is NCCNc1nc(-c2ccnc3[nH]c4ccccc4c23)nc2cncc(C3CCC3)c12. The molecule has 0 saturated heterocycles. The Kier molecular flexibility index (Phi) is 4.28. The number of nitrogens with zero attached hydrogens (tertiary/aromatic N) is 4. The van der Waals surface area contributed by atoms with Crippen LogP contribution in [-0.4, -0.2) is 38.0 Å². The highest BCUT2D eigenvalue weighted by molar-refractivity contribution is 6.12. The van der Waals surface area contributed by atoms with Crippen LogP contribution in [0.1, 0.15) is 30.7 Å². The molecule has 1 fully saturated rings. The van der Waals surface area contributed by atoms with Crippen LogP contribution in [0.4, 0.5) is 5.82 Å². The summed E-state index contributed by atoms with van der Waals surface area (Å²) in [5.41, 5.74) is 10.7. The fraction of sp³-hybridized carbons (Fsp3) is 0.250. The van der Waals surface area contributed by atoms with Crippen LogP contribution in [0, 0.1) is 0 Å². The maximum absolute atomic E-state index is 5.80. The molecule has 0 unspecified atom stereocenters. The summed E-state index contributed by atoms with van der Waals surface area (Å²) < 4.78 is 0. The third-order valence-electron chi connectivity index (χ3n) is 6.26. The number of aromatic nitrogens is 5. The molecule has 31 heavy (non-hydrogen) atoms. The molecule has 1 aromatic carbocycles. The van der Waals surface area contributed by atoms with Crippen molar-refractivity contribution in [2.24, 2.45) is 5.73 Å². The standard InChI is InChI=1S/C24H23N7/c25-9-11-28-24-21-17(14-4-3-5-14)12-26-13-19(21)30-22(31-24)16-8-10-27-23-20(16)15-6-1-2-7-18(15)29-23/h1-2,6-8,10,12-14H,3-5,9,11,25H2,(H,27,29)(H,28,30,31). The van der Waals surface area contributed by atoms with Gasteiger partial charge in [0.15, 0.2) is 5.82 Å². The van der Waals surface area contributed by atoms with Gasteiger partial charge < -0.3 is 16.0 Å². The summed E-state index contributed by atoms with van der Waals surface area (Å²) in [5.74, 6) is 2.03. The van der Waals surface area contributed by atoms with E-state index in [1.165, 1.54) is 24.8 Å². The number of nitrogens with one attached hydrogen (secondary N) is 2. The Hall–Kier alpha value is -3.58. The molecule has 4 heterocycles. The molecule has 6 rings (SSSR count). The number of rotatable bonds is 5. The highest BCUT2D eigenvalue weighted by Gasteiger charge is 2.25. The smallest absolute Gasteiger partial charge is 0.163 e. The van der Waals surface area contributed by atoms with Gasteiger partial charge in [-0.3, -0.25) is 4.98 Å². The summed E-state index contributed by atoms with van der Waals surface area (Å²) >= 11 is 0. The van der Waals surface area contributed by atoms with Gasteiger partial charge >= 0.3 is 0 Å². The van der Waals surface area contributed by atoms with Crippen molar-refractivity contribution in [3.8, 4) is 11.4 Å². The highest BCUT2D eigenvalue weighted by atomic mass is 15.0. The van der Waals surface area contributed by atoms with Gasteiger partial charge in [-0.05, 0) is 36.5 Å². The van der Waals surface area contributed by atoms with Crippen molar-refractivity contribution in [1.29, 1.82) is 0 Å². The van der Waals surface area contributed by atoms with Gasteiger partial charge in [-0.15, -0.1) is 0 Å². The minimum atomic E-state index is 0.533. The number of aromatic amines is 1. The Morgan fingerprint density at radius 3 is 2.81 bits per heavy atom. The Bertz CT molecular complexity index is 1420. The molecule has 4 aromatic heterocycles. The second-order valence-corrected chi connectivity index (χ2v) is 8.11. The summed E-state index contributed by atoms with van der Waals surface area (Å²) in [6, 6.07) is 10.2. The van der Waals surface area contributed by atoms with Gasteiger partial charge in [0.05, 0.1) is 11.7 Å². The zero-order chi connectivity index (χ0) is 20.8. The normalized spacial score (nSPS) is 14.4. The van der Waals surface area contributed by atoms with E-state index in [-0.39, 0.29) is 0 Å². The molecule has 0 bridgehead atoms. The molecule has 7 heteroatoms. The minimum absolute atomic E-state index is 0.533. The van der Waals surface area contributed by atoms with Crippen LogP contribution in [0.15, 0.2) is 48.9 Å². The molecule has 1 aliphatic carbocycles. The third kappa shape index (κ3) is 2.92. The molecule has 0 spiro atoms. The van der Waals surface area contributed by atoms with E-state index in [1.807, 2.05) is 30.6 Å². The van der Waals surface area contributed by atoms with Gasteiger partial charge in [0.25, 0.3) is 0 Å². The lowest BCUT2D eigenvalue weighted by molar-refractivity contribution is 0.421. The van der Waals surface area contributed by atoms with Crippen LogP contribution >= 0.6 is 0 Å². The molecule has 7 nitrogen and oxygen atoms in total. The number of benzene rings is 1. The van der Waals surface area contributed by atoms with E-state index in [9.17, 15) is 0 Å². The molecule has 154 valence electrons. The lowest BCUT2D eigenvalue weighted by Crippen LogP contribution is -2.16. The molecule has 1 aliphatic rings. The average Bonchev–Trinajstić information content (AvgIpc) is 3.15. The van der Waals surface area contributed by atoms with Crippen LogP contribution in [0.25, 0.3) is 44.2 Å². The predicted molar refractivity (Wildman–Crippen MR) is 124 cm³/mol. The highest BCUT2D eigenvalue weighted by Crippen LogP contribution is 2.41. The van der Waals surface area contributed by atoms with E-state index in [0.717, 1.165) is 44.2 Å². The monoisotopic (exact) mass is 409 g/mol. The van der Waals surface area contributed by atoms with Crippen molar-refractivity contribution in [2.75, 3.05) is 18.4 Å². The van der Waals surface area contributed by atoms with Gasteiger partial charge in [0.2, 0.25) is 0 Å². The number of para-hydroxylation sites is 1. The number of anilines is 1. The van der Waals surface area contributed by atoms with E-state index >= 15 is 0 Å². The van der Waals surface area contributed by atoms with E-state index in [2.05, 4.69) is 32.4 Å². The summed E-state index contributed by atoms with van der Waals surface area (Å²) in [7, 11) is 0. The Labute approximate surface area is 179 Å². The average molecular weight is 409 g/mol. The van der Waals surface area contributed by atoms with Crippen LogP contribution in [0.5, 0.6) is 0 Å². The van der Waals surface area contributed by atoms with Gasteiger partial charge in [0.1, 0.15) is 11.5 Å². The van der Waals surface area contributed by atoms with Gasteiger partial charge in [-0.2, -0.15) is 0 Å². The van der Waals surface area contributed by atoms with E-state index in [1.54, 1.807) is 6.20 Å². The van der Waals surface area contributed by atoms with Crippen molar-refractivity contribution in [1.82, 2.24) is 24.9 Å². The molecular weight excluding hydrogens is 386 g/mol. The summed E-state index contributed by atoms with van der Waals surface area (Å²) in [5, 5.41) is 6.66. The first kappa shape index (κ1) is 18.2. The van der Waals surface area contributed by atoms with Crippen molar-refractivity contribution >= 4 is 38.7 Å². The van der Waals surface area contributed by atoms with Crippen molar-refractivity contribution < 1.29 is 0 Å². The Balaban J connectivity index is 1.62. The third-order valence-corrected chi connectivity index (χ3v) is 6.26. The second kappa shape index (κ2) is 7.28. The van der Waals surface area contributed by atoms with Crippen LogP contribution in [0.3, 0.4) is 0 Å². The fourth-order valence-electron chi connectivity index (χ4n) is 4.53. The molecular formula is C24H23N7. The molecule has 0 amide bonds. The lowest BCUT2D eigenvalue weighted by Gasteiger charge is -2.27. The van der Waals surface area contributed by atoms with Crippen molar-refractivity contribution in [2.45, 2.75) is 25.2 Å². The molecule has 5 aromatic rings. The summed E-state index contributed by atoms with van der Waals surface area (Å²) in [4.78, 5) is 22.4. The van der Waals surface area contributed by atoms with E-state index in [0.29, 0.717) is 24.8 Å². The second-order valence-electron chi connectivity index (χ2n) is 8.11. The predicted octanol–water partition coefficient (Wildman–Crippen LogP) is 4.36. The first-order chi connectivity index (χ1) is 15.3. The topological polar surface area (TPSA) is 105 Å². The maximum Gasteiger partial charge on any atom is 0.163 e. The fourth-order valence-corrected chi connectivity index (χ4v) is 4.53. The van der Waals surface area contributed by atoms with Crippen molar-refractivity contribution in [3.05, 3.63) is 54.5 Å². The molecule has 0 aliphatic heterocycles. The first-order valence-corrected chi connectivity index (χ1v) is 10.8. The number of fused-ring (bicyclic) bond motifs is 4. The van der Waals surface area contributed by atoms with Crippen LogP contribution in [0.2, 0.25) is 0 Å². The largest absolute Gasteiger partial charge is 0.368 e. The quantitative estimate of drug-likeness (QED) is 0.398. The van der Waals surface area contributed by atoms with Gasteiger partial charge in [0, 0.05) is 52.7 Å². The zero-order valence-electron chi connectivity index (χ0n) is 17.1. The lowest BCUT2D eigenvalue weighted by atomic mass is 9.79. The number of nitrogens with two attached hydrogens (primary N) is 1.